The predicted octanol–water partition coefficient (Wildman–Crippen LogP) is 3.03. The summed E-state index contributed by atoms with van der Waals surface area (Å²) in [5, 5.41) is 24.5. The van der Waals surface area contributed by atoms with Crippen LogP contribution in [0.1, 0.15) is 49.2 Å². The van der Waals surface area contributed by atoms with Crippen molar-refractivity contribution >= 4 is 34.4 Å². The standard InChI is InChI=1S/C26H31ClN4O4/c1-26(2,35)11-10-17(24(28)33)14-23(32)21(13-16-6-5-7-18(27)12-16)31-25(34)22-15-29-19-8-3-4-9-20(19)30-22/h3-9,12,15,17,21,23,32,35H,10-11,13-14H2,1-2H3,(H2,28,33)(H,31,34)/t17?,21-,23-/m1/s1. The molecule has 0 aliphatic rings. The fourth-order valence-electron chi connectivity index (χ4n) is 3.87. The van der Waals surface area contributed by atoms with Gasteiger partial charge in [-0.25, -0.2) is 4.98 Å². The first-order valence-corrected chi connectivity index (χ1v) is 11.9. The second-order valence-electron chi connectivity index (χ2n) is 9.41. The number of para-hydroxylation sites is 2. The molecule has 0 saturated heterocycles. The Balaban J connectivity index is 1.81. The number of hydrogen-bond acceptors (Lipinski definition) is 6. The number of hydrogen-bond donors (Lipinski definition) is 4. The fraction of sp³-hybridized carbons (Fsp3) is 0.385. The average molecular weight is 499 g/mol. The molecule has 1 unspecified atom stereocenters. The summed E-state index contributed by atoms with van der Waals surface area (Å²) < 4.78 is 0. The molecule has 2 aromatic carbocycles. The van der Waals surface area contributed by atoms with Crippen molar-refractivity contribution in [1.29, 1.82) is 0 Å². The first kappa shape index (κ1) is 26.5. The number of nitrogens with zero attached hydrogens (tertiary/aromatic N) is 2. The minimum atomic E-state index is -1.09. The predicted molar refractivity (Wildman–Crippen MR) is 135 cm³/mol. The first-order chi connectivity index (χ1) is 16.5. The second kappa shape index (κ2) is 11.6. The van der Waals surface area contributed by atoms with Gasteiger partial charge < -0.3 is 21.3 Å². The Hall–Kier alpha value is -3.07. The maximum Gasteiger partial charge on any atom is 0.271 e. The van der Waals surface area contributed by atoms with Crippen LogP contribution in [0.2, 0.25) is 5.02 Å². The maximum atomic E-state index is 13.1. The number of primary amides is 1. The first-order valence-electron chi connectivity index (χ1n) is 11.5. The van der Waals surface area contributed by atoms with Crippen molar-refractivity contribution in [2.75, 3.05) is 0 Å². The van der Waals surface area contributed by atoms with Crippen molar-refractivity contribution in [3.05, 3.63) is 71.0 Å². The number of amides is 2. The zero-order valence-corrected chi connectivity index (χ0v) is 20.6. The molecule has 5 N–H and O–H groups in total. The van der Waals surface area contributed by atoms with Crippen LogP contribution in [-0.2, 0) is 11.2 Å². The Morgan fingerprint density at radius 3 is 2.51 bits per heavy atom. The highest BCUT2D eigenvalue weighted by atomic mass is 35.5. The average Bonchev–Trinajstić information content (AvgIpc) is 2.80. The molecule has 1 aromatic heterocycles. The minimum absolute atomic E-state index is 0.0281. The molecule has 0 bridgehead atoms. The summed E-state index contributed by atoms with van der Waals surface area (Å²) in [6, 6.07) is 13.6. The number of aliphatic hydroxyl groups is 2. The van der Waals surface area contributed by atoms with Crippen LogP contribution in [0.5, 0.6) is 0 Å². The zero-order valence-electron chi connectivity index (χ0n) is 19.8. The van der Waals surface area contributed by atoms with Gasteiger partial charge in [0.1, 0.15) is 5.69 Å². The third-order valence-corrected chi connectivity index (χ3v) is 6.07. The summed E-state index contributed by atoms with van der Waals surface area (Å²) in [5.41, 5.74) is 6.76. The monoisotopic (exact) mass is 498 g/mol. The van der Waals surface area contributed by atoms with Crippen molar-refractivity contribution in [3.63, 3.8) is 0 Å². The third-order valence-electron chi connectivity index (χ3n) is 5.84. The lowest BCUT2D eigenvalue weighted by molar-refractivity contribution is -0.123. The smallest absolute Gasteiger partial charge is 0.271 e. The van der Waals surface area contributed by atoms with Gasteiger partial charge in [-0.3, -0.25) is 14.6 Å². The third kappa shape index (κ3) is 7.99. The Morgan fingerprint density at radius 2 is 1.86 bits per heavy atom. The lowest BCUT2D eigenvalue weighted by atomic mass is 9.87. The summed E-state index contributed by atoms with van der Waals surface area (Å²) in [6.45, 7) is 3.29. The number of halogens is 1. The molecule has 1 heterocycles. The van der Waals surface area contributed by atoms with Gasteiger partial charge in [-0.05, 0) is 69.4 Å². The normalized spacial score (nSPS) is 14.3. The van der Waals surface area contributed by atoms with Crippen molar-refractivity contribution in [1.82, 2.24) is 15.3 Å². The zero-order chi connectivity index (χ0) is 25.6. The molecule has 35 heavy (non-hydrogen) atoms. The van der Waals surface area contributed by atoms with E-state index in [1.54, 1.807) is 44.2 Å². The van der Waals surface area contributed by atoms with Gasteiger partial charge in [0, 0.05) is 10.9 Å². The van der Waals surface area contributed by atoms with Crippen LogP contribution in [0.25, 0.3) is 11.0 Å². The molecular weight excluding hydrogens is 468 g/mol. The summed E-state index contributed by atoms with van der Waals surface area (Å²) in [7, 11) is 0. The van der Waals surface area contributed by atoms with Gasteiger partial charge in [-0.15, -0.1) is 0 Å². The molecule has 3 atom stereocenters. The lowest BCUT2D eigenvalue weighted by Crippen LogP contribution is -2.46. The highest BCUT2D eigenvalue weighted by Crippen LogP contribution is 2.22. The van der Waals surface area contributed by atoms with E-state index in [4.69, 9.17) is 17.3 Å². The van der Waals surface area contributed by atoms with Crippen LogP contribution in [0, 0.1) is 5.92 Å². The number of carbonyl (C=O) groups is 2. The molecule has 3 aromatic rings. The minimum Gasteiger partial charge on any atom is -0.391 e. The molecule has 0 aliphatic heterocycles. The summed E-state index contributed by atoms with van der Waals surface area (Å²) in [5.74, 6) is -1.74. The van der Waals surface area contributed by atoms with Crippen molar-refractivity contribution < 1.29 is 19.8 Å². The van der Waals surface area contributed by atoms with E-state index < -0.39 is 35.5 Å². The van der Waals surface area contributed by atoms with Crippen LogP contribution < -0.4 is 11.1 Å². The highest BCUT2D eigenvalue weighted by Gasteiger charge is 2.29. The van der Waals surface area contributed by atoms with Crippen LogP contribution in [0.3, 0.4) is 0 Å². The number of nitrogens with two attached hydrogens (primary N) is 1. The molecule has 0 saturated carbocycles. The van der Waals surface area contributed by atoms with E-state index in [0.29, 0.717) is 28.9 Å². The number of nitrogens with one attached hydrogen (secondary N) is 1. The van der Waals surface area contributed by atoms with E-state index in [0.717, 1.165) is 5.56 Å². The van der Waals surface area contributed by atoms with Gasteiger partial charge in [0.05, 0.1) is 35.0 Å². The Kier molecular flexibility index (Phi) is 8.77. The summed E-state index contributed by atoms with van der Waals surface area (Å²) in [6.07, 6.45) is 1.24. The summed E-state index contributed by atoms with van der Waals surface area (Å²) >= 11 is 6.12. The lowest BCUT2D eigenvalue weighted by Gasteiger charge is -2.28. The molecule has 0 aliphatic carbocycles. The van der Waals surface area contributed by atoms with Crippen molar-refractivity contribution in [2.45, 2.75) is 57.3 Å². The van der Waals surface area contributed by atoms with E-state index in [1.165, 1.54) is 6.20 Å². The molecule has 8 nitrogen and oxygen atoms in total. The van der Waals surface area contributed by atoms with Gasteiger partial charge in [-0.2, -0.15) is 0 Å². The van der Waals surface area contributed by atoms with Gasteiger partial charge >= 0.3 is 0 Å². The van der Waals surface area contributed by atoms with Crippen LogP contribution >= 0.6 is 11.6 Å². The van der Waals surface area contributed by atoms with E-state index in [-0.39, 0.29) is 18.5 Å². The Bertz CT molecular complexity index is 1180. The molecule has 0 radical (unpaired) electrons. The largest absolute Gasteiger partial charge is 0.391 e. The van der Waals surface area contributed by atoms with E-state index in [1.807, 2.05) is 18.2 Å². The van der Waals surface area contributed by atoms with Crippen LogP contribution in [-0.4, -0.2) is 49.7 Å². The van der Waals surface area contributed by atoms with Crippen molar-refractivity contribution in [3.8, 4) is 0 Å². The number of aromatic nitrogens is 2. The number of rotatable bonds is 11. The van der Waals surface area contributed by atoms with E-state index in [2.05, 4.69) is 15.3 Å². The Morgan fingerprint density at radius 1 is 1.14 bits per heavy atom. The van der Waals surface area contributed by atoms with Crippen LogP contribution in [0.4, 0.5) is 0 Å². The second-order valence-corrected chi connectivity index (χ2v) is 9.85. The van der Waals surface area contributed by atoms with Gasteiger partial charge in [0.2, 0.25) is 5.91 Å². The SMILES string of the molecule is CC(C)(O)CCC(C[C@@H](O)[C@@H](Cc1cccc(Cl)c1)NC(=O)c1cnc2ccccc2n1)C(N)=O. The molecule has 0 spiro atoms. The topological polar surface area (TPSA) is 138 Å². The highest BCUT2D eigenvalue weighted by molar-refractivity contribution is 6.30. The maximum absolute atomic E-state index is 13.1. The number of aliphatic hydroxyl groups excluding tert-OH is 1. The van der Waals surface area contributed by atoms with E-state index >= 15 is 0 Å². The quantitative estimate of drug-likeness (QED) is 0.320. The molecule has 9 heteroatoms. The molecule has 0 fully saturated rings. The van der Waals surface area contributed by atoms with Crippen molar-refractivity contribution in [2.24, 2.45) is 11.7 Å². The Labute approximate surface area is 209 Å². The molecule has 2 amide bonds. The number of carbonyl (C=O) groups excluding carboxylic acids is 2. The fourth-order valence-corrected chi connectivity index (χ4v) is 4.08. The van der Waals surface area contributed by atoms with Crippen LogP contribution in [0.15, 0.2) is 54.7 Å². The van der Waals surface area contributed by atoms with E-state index in [9.17, 15) is 19.8 Å². The van der Waals surface area contributed by atoms with Gasteiger partial charge in [0.25, 0.3) is 5.91 Å². The number of fused-ring (bicyclic) bond motifs is 1. The molecule has 3 rings (SSSR count). The molecule has 186 valence electrons. The van der Waals surface area contributed by atoms with Gasteiger partial charge in [-0.1, -0.05) is 35.9 Å². The summed E-state index contributed by atoms with van der Waals surface area (Å²) in [4.78, 5) is 33.8. The van der Waals surface area contributed by atoms with Gasteiger partial charge in [0.15, 0.2) is 0 Å². The molecular formula is C26H31ClN4O4. The number of benzene rings is 2.